The van der Waals surface area contributed by atoms with Gasteiger partial charge < -0.3 is 4.98 Å². The lowest BCUT2D eigenvalue weighted by Crippen LogP contribution is -2.42. The molecular weight excluding hydrogens is 459 g/mol. The minimum atomic E-state index is -0.329. The Morgan fingerprint density at radius 3 is 2.33 bits per heavy atom. The smallest absolute Gasteiger partial charge is 0.305 e. The van der Waals surface area contributed by atoms with Crippen molar-refractivity contribution in [2.75, 3.05) is 4.90 Å². The predicted octanol–water partition coefficient (Wildman–Crippen LogP) is 4.25. The van der Waals surface area contributed by atoms with Crippen LogP contribution in [0.2, 0.25) is 0 Å². The van der Waals surface area contributed by atoms with Crippen LogP contribution in [0.25, 0.3) is 0 Å². The van der Waals surface area contributed by atoms with Gasteiger partial charge in [-0.3, -0.25) is 19.3 Å². The molecule has 8 heteroatoms. The van der Waals surface area contributed by atoms with E-state index in [0.29, 0.717) is 5.69 Å². The summed E-state index contributed by atoms with van der Waals surface area (Å²) in [6.45, 7) is 0. The Hall–Kier alpha value is -2.71. The lowest BCUT2D eigenvalue weighted by molar-refractivity contribution is -0.123. The maximum atomic E-state index is 13.7. The molecular formula is C25H19FN2O3S2. The van der Waals surface area contributed by atoms with Crippen molar-refractivity contribution in [3.05, 3.63) is 80.5 Å². The van der Waals surface area contributed by atoms with Crippen molar-refractivity contribution in [3.8, 4) is 0 Å². The topological polar surface area (TPSA) is 70.2 Å². The fraction of sp³-hybridized carbons (Fsp3) is 0.320. The maximum absolute atomic E-state index is 13.7. The van der Waals surface area contributed by atoms with Crippen LogP contribution in [0, 0.1) is 35.4 Å². The fourth-order valence-corrected chi connectivity index (χ4v) is 9.78. The van der Waals surface area contributed by atoms with E-state index in [4.69, 9.17) is 0 Å². The molecule has 5 nitrogen and oxygen atoms in total. The number of anilines is 1. The maximum Gasteiger partial charge on any atom is 0.305 e. The van der Waals surface area contributed by atoms with Crippen LogP contribution in [0.5, 0.6) is 0 Å². The zero-order chi connectivity index (χ0) is 22.4. The van der Waals surface area contributed by atoms with Gasteiger partial charge in [-0.05, 0) is 54.0 Å². The summed E-state index contributed by atoms with van der Waals surface area (Å²) in [4.78, 5) is 44.6. The van der Waals surface area contributed by atoms with Crippen molar-refractivity contribution in [1.82, 2.24) is 4.98 Å². The normalized spacial score (nSPS) is 33.8. The molecule has 0 radical (unpaired) electrons. The van der Waals surface area contributed by atoms with Gasteiger partial charge in [0.25, 0.3) is 0 Å². The third-order valence-electron chi connectivity index (χ3n) is 7.97. The summed E-state index contributed by atoms with van der Waals surface area (Å²) in [5.41, 5.74) is 1.60. The number of fused-ring (bicyclic) bond motifs is 9. The van der Waals surface area contributed by atoms with Gasteiger partial charge in [0, 0.05) is 16.0 Å². The minimum Gasteiger partial charge on any atom is -0.307 e. The van der Waals surface area contributed by atoms with Gasteiger partial charge in [0.2, 0.25) is 11.8 Å². The zero-order valence-electron chi connectivity index (χ0n) is 17.3. The predicted molar refractivity (Wildman–Crippen MR) is 124 cm³/mol. The molecule has 3 heterocycles. The van der Waals surface area contributed by atoms with Crippen LogP contribution in [0.1, 0.15) is 22.8 Å². The van der Waals surface area contributed by atoms with E-state index in [1.165, 1.54) is 28.4 Å². The lowest BCUT2D eigenvalue weighted by atomic mass is 9.68. The summed E-state index contributed by atoms with van der Waals surface area (Å²) in [7, 11) is 0. The Morgan fingerprint density at radius 2 is 1.61 bits per heavy atom. The molecule has 0 spiro atoms. The molecule has 4 aliphatic rings. The number of para-hydroxylation sites is 1. The number of amides is 2. The molecule has 33 heavy (non-hydrogen) atoms. The summed E-state index contributed by atoms with van der Waals surface area (Å²) in [5.74, 6) is -0.946. The Kier molecular flexibility index (Phi) is 4.13. The second-order valence-electron chi connectivity index (χ2n) is 9.36. The van der Waals surface area contributed by atoms with Gasteiger partial charge in [-0.25, -0.2) is 4.39 Å². The van der Waals surface area contributed by atoms with Gasteiger partial charge in [0.1, 0.15) is 5.82 Å². The third kappa shape index (κ3) is 2.62. The van der Waals surface area contributed by atoms with E-state index in [-0.39, 0.29) is 63.3 Å². The highest BCUT2D eigenvalue weighted by molar-refractivity contribution is 8.00. The van der Waals surface area contributed by atoms with Crippen LogP contribution in [0.15, 0.2) is 64.4 Å². The molecule has 166 valence electrons. The average Bonchev–Trinajstić information content (AvgIpc) is 3.54. The molecule has 1 aromatic heterocycles. The number of rotatable bonds is 2. The number of hydrogen-bond acceptors (Lipinski definition) is 5. The zero-order valence-corrected chi connectivity index (χ0v) is 18.9. The summed E-state index contributed by atoms with van der Waals surface area (Å²) in [6.07, 6.45) is 0.842. The number of thiazole rings is 1. The molecule has 2 bridgehead atoms. The molecule has 2 aromatic carbocycles. The van der Waals surface area contributed by atoms with Crippen molar-refractivity contribution >= 4 is 40.6 Å². The molecule has 1 N–H and O–H groups in total. The Labute approximate surface area is 197 Å². The molecule has 2 saturated carbocycles. The van der Waals surface area contributed by atoms with E-state index < -0.39 is 0 Å². The molecule has 5 unspecified atom stereocenters. The van der Waals surface area contributed by atoms with Gasteiger partial charge >= 0.3 is 4.87 Å². The SMILES string of the molecule is O=C1C2C(C(=O)N1c1ccccc1)[C@@H]1C[C@H]2C2Sc3[nH]c(=O)sc3C(c3ccc(F)cc3)C21. The number of nitrogens with one attached hydrogen (secondary N) is 1. The molecule has 3 aromatic rings. The van der Waals surface area contributed by atoms with E-state index in [2.05, 4.69) is 4.98 Å². The van der Waals surface area contributed by atoms with Crippen molar-refractivity contribution in [2.24, 2.45) is 29.6 Å². The Bertz CT molecular complexity index is 1350. The molecule has 3 fully saturated rings. The van der Waals surface area contributed by atoms with Crippen LogP contribution in [0.3, 0.4) is 0 Å². The Morgan fingerprint density at radius 1 is 0.909 bits per heavy atom. The third-order valence-corrected chi connectivity index (χ3v) is 10.6. The first kappa shape index (κ1) is 19.7. The van der Waals surface area contributed by atoms with E-state index >= 15 is 0 Å². The summed E-state index contributed by atoms with van der Waals surface area (Å²) >= 11 is 2.87. The second-order valence-corrected chi connectivity index (χ2v) is 11.6. The number of H-pyrrole nitrogens is 1. The number of hydrogen-bond donors (Lipinski definition) is 1. The van der Waals surface area contributed by atoms with Gasteiger partial charge in [-0.2, -0.15) is 0 Å². The van der Waals surface area contributed by atoms with Crippen molar-refractivity contribution < 1.29 is 14.0 Å². The number of carbonyl (C=O) groups is 2. The number of thioether (sulfide) groups is 1. The van der Waals surface area contributed by atoms with Crippen LogP contribution >= 0.6 is 23.1 Å². The van der Waals surface area contributed by atoms with Gasteiger partial charge in [-0.1, -0.05) is 41.7 Å². The fourth-order valence-electron chi connectivity index (χ4n) is 6.89. The van der Waals surface area contributed by atoms with E-state index in [0.717, 1.165) is 21.9 Å². The number of aromatic nitrogens is 1. The molecule has 1 saturated heterocycles. The number of carbonyl (C=O) groups excluding carboxylic acids is 2. The van der Waals surface area contributed by atoms with Gasteiger partial charge in [0.15, 0.2) is 0 Å². The standard InChI is InChI=1S/C25H19FN2O3S2/c26-12-8-6-11(7-9-12)16-17-14-10-15(20(17)32-22-21(16)33-25(31)27-22)19-18(14)23(29)28(24(19)30)13-4-2-1-3-5-13/h1-9,14-20H,10H2,(H,27,31)/t14-,15-,16?,17?,18?,19?,20?/m1/s1. The van der Waals surface area contributed by atoms with E-state index in [1.54, 1.807) is 23.9 Å². The van der Waals surface area contributed by atoms with Gasteiger partial charge in [-0.15, -0.1) is 11.8 Å². The molecule has 7 atom stereocenters. The summed E-state index contributed by atoms with van der Waals surface area (Å²) in [5, 5.41) is 0.998. The first-order chi connectivity index (χ1) is 16.0. The van der Waals surface area contributed by atoms with E-state index in [1.807, 2.05) is 30.3 Å². The minimum absolute atomic E-state index is 0.0584. The quantitative estimate of drug-likeness (QED) is 0.559. The number of nitrogens with zero attached hydrogens (tertiary/aromatic N) is 1. The Balaban J connectivity index is 1.34. The van der Waals surface area contributed by atoms with Crippen molar-refractivity contribution in [2.45, 2.75) is 22.6 Å². The first-order valence-corrected chi connectivity index (χ1v) is 12.8. The van der Waals surface area contributed by atoms with Crippen LogP contribution < -0.4 is 9.77 Å². The van der Waals surface area contributed by atoms with Crippen LogP contribution in [-0.4, -0.2) is 22.0 Å². The monoisotopic (exact) mass is 478 g/mol. The first-order valence-electron chi connectivity index (χ1n) is 11.1. The average molecular weight is 479 g/mol. The lowest BCUT2D eigenvalue weighted by Gasteiger charge is -2.43. The number of halogens is 1. The number of benzene rings is 2. The molecule has 2 aliphatic carbocycles. The molecule has 7 rings (SSSR count). The van der Waals surface area contributed by atoms with E-state index in [9.17, 15) is 18.8 Å². The summed E-state index contributed by atoms with van der Waals surface area (Å²) < 4.78 is 13.7. The highest BCUT2D eigenvalue weighted by Crippen LogP contribution is 2.68. The molecule has 2 amide bonds. The van der Waals surface area contributed by atoms with Crippen LogP contribution in [-0.2, 0) is 9.59 Å². The van der Waals surface area contributed by atoms with Crippen molar-refractivity contribution in [1.29, 1.82) is 0 Å². The largest absolute Gasteiger partial charge is 0.307 e. The summed E-state index contributed by atoms with van der Waals surface area (Å²) in [6, 6.07) is 15.7. The number of aromatic amines is 1. The highest BCUT2D eigenvalue weighted by atomic mass is 32.2. The molecule has 2 aliphatic heterocycles. The van der Waals surface area contributed by atoms with Crippen LogP contribution in [0.4, 0.5) is 10.1 Å². The highest BCUT2D eigenvalue weighted by Gasteiger charge is 2.69. The second kappa shape index (κ2) is 6.90. The number of imide groups is 1. The van der Waals surface area contributed by atoms with Crippen molar-refractivity contribution in [3.63, 3.8) is 0 Å². The van der Waals surface area contributed by atoms with Gasteiger partial charge in [0.05, 0.1) is 22.5 Å².